The smallest absolute Gasteiger partial charge is 0.251 e. The van der Waals surface area contributed by atoms with Gasteiger partial charge in [-0.15, -0.1) is 16.8 Å². The highest BCUT2D eigenvalue weighted by Gasteiger charge is 2.16. The molecule has 0 fully saturated rings. The van der Waals surface area contributed by atoms with E-state index >= 15 is 0 Å². The summed E-state index contributed by atoms with van der Waals surface area (Å²) in [5, 5.41) is 15.2. The van der Waals surface area contributed by atoms with Crippen LogP contribution in [0.4, 0.5) is 5.69 Å². The van der Waals surface area contributed by atoms with E-state index in [1.54, 1.807) is 47.0 Å². The van der Waals surface area contributed by atoms with Gasteiger partial charge in [0.05, 0.1) is 37.2 Å². The molecule has 2 N–H and O–H groups in total. The van der Waals surface area contributed by atoms with Gasteiger partial charge in [0, 0.05) is 17.1 Å². The summed E-state index contributed by atoms with van der Waals surface area (Å²) < 4.78 is 12.2. The van der Waals surface area contributed by atoms with E-state index in [4.69, 9.17) is 32.7 Å². The molecule has 12 heteroatoms. The maximum atomic E-state index is 12.6. The van der Waals surface area contributed by atoms with Gasteiger partial charge in [-0.3, -0.25) is 9.59 Å². The van der Waals surface area contributed by atoms with Crippen LogP contribution in [0.1, 0.15) is 16.2 Å². The minimum Gasteiger partial charge on any atom is -0.493 e. The fourth-order valence-corrected chi connectivity index (χ4v) is 4.24. The number of benzene rings is 2. The van der Waals surface area contributed by atoms with Crippen LogP contribution in [-0.4, -0.2) is 46.6 Å². The SMILES string of the molecule is C=CCn1c(CNC(=O)c2ccc(OC)c(OC)c2)nnc1SCC(=O)Nc1ccc(Cl)cc1Cl. The lowest BCUT2D eigenvalue weighted by Crippen LogP contribution is -2.25. The van der Waals surface area contributed by atoms with Crippen LogP contribution < -0.4 is 20.1 Å². The maximum Gasteiger partial charge on any atom is 0.251 e. The Kier molecular flexibility index (Phi) is 9.41. The zero-order valence-corrected chi connectivity index (χ0v) is 21.3. The van der Waals surface area contributed by atoms with Crippen LogP contribution in [0.15, 0.2) is 54.2 Å². The quantitative estimate of drug-likeness (QED) is 0.276. The Balaban J connectivity index is 1.63. The van der Waals surface area contributed by atoms with Gasteiger partial charge in [0.2, 0.25) is 5.91 Å². The summed E-state index contributed by atoms with van der Waals surface area (Å²) >= 11 is 13.2. The number of halogens is 2. The Morgan fingerprint density at radius 3 is 2.57 bits per heavy atom. The van der Waals surface area contributed by atoms with Gasteiger partial charge in [0.15, 0.2) is 22.5 Å². The van der Waals surface area contributed by atoms with Gasteiger partial charge >= 0.3 is 0 Å². The molecule has 35 heavy (non-hydrogen) atoms. The first-order valence-corrected chi connectivity index (χ1v) is 12.0. The van der Waals surface area contributed by atoms with Gasteiger partial charge < -0.3 is 24.7 Å². The number of carbonyl (C=O) groups is 2. The van der Waals surface area contributed by atoms with Gasteiger partial charge in [0.1, 0.15) is 0 Å². The van der Waals surface area contributed by atoms with Crippen LogP contribution >= 0.6 is 35.0 Å². The molecule has 0 saturated carbocycles. The lowest BCUT2D eigenvalue weighted by molar-refractivity contribution is -0.113. The van der Waals surface area contributed by atoms with E-state index < -0.39 is 0 Å². The van der Waals surface area contributed by atoms with Crippen LogP contribution in [0.2, 0.25) is 10.0 Å². The lowest BCUT2D eigenvalue weighted by Gasteiger charge is -2.11. The Labute approximate surface area is 216 Å². The first-order chi connectivity index (χ1) is 16.9. The van der Waals surface area contributed by atoms with Crippen molar-refractivity contribution in [3.8, 4) is 11.5 Å². The summed E-state index contributed by atoms with van der Waals surface area (Å²) in [4.78, 5) is 25.0. The molecular formula is C23H23Cl2N5O4S. The number of hydrogen-bond donors (Lipinski definition) is 2. The van der Waals surface area contributed by atoms with E-state index in [2.05, 4.69) is 27.4 Å². The molecule has 2 amide bonds. The minimum atomic E-state index is -0.312. The van der Waals surface area contributed by atoms with Crippen molar-refractivity contribution >= 4 is 52.5 Å². The fourth-order valence-electron chi connectivity index (χ4n) is 3.02. The first-order valence-electron chi connectivity index (χ1n) is 10.3. The van der Waals surface area contributed by atoms with Crippen molar-refractivity contribution in [3.63, 3.8) is 0 Å². The van der Waals surface area contributed by atoms with Gasteiger partial charge in [-0.2, -0.15) is 0 Å². The molecule has 3 aromatic rings. The Morgan fingerprint density at radius 1 is 1.11 bits per heavy atom. The average Bonchev–Trinajstić information content (AvgIpc) is 3.24. The number of hydrogen-bond acceptors (Lipinski definition) is 7. The molecular weight excluding hydrogens is 513 g/mol. The Bertz CT molecular complexity index is 1230. The van der Waals surface area contributed by atoms with Crippen molar-refractivity contribution in [3.05, 3.63) is 70.5 Å². The second kappa shape index (κ2) is 12.5. The highest BCUT2D eigenvalue weighted by molar-refractivity contribution is 7.99. The molecule has 1 heterocycles. The second-order valence-electron chi connectivity index (χ2n) is 7.01. The molecule has 0 aliphatic carbocycles. The number of amides is 2. The monoisotopic (exact) mass is 535 g/mol. The van der Waals surface area contributed by atoms with Crippen molar-refractivity contribution in [2.75, 3.05) is 25.3 Å². The summed E-state index contributed by atoms with van der Waals surface area (Å²) in [6.07, 6.45) is 1.68. The molecule has 0 saturated heterocycles. The average molecular weight is 536 g/mol. The van der Waals surface area contributed by atoms with Crippen molar-refractivity contribution in [1.29, 1.82) is 0 Å². The number of carbonyl (C=O) groups excluding carboxylic acids is 2. The van der Waals surface area contributed by atoms with Gasteiger partial charge in [-0.1, -0.05) is 41.0 Å². The number of methoxy groups -OCH3 is 2. The highest BCUT2D eigenvalue weighted by atomic mass is 35.5. The molecule has 0 aliphatic heterocycles. The van der Waals surface area contributed by atoms with E-state index in [0.717, 1.165) is 0 Å². The Hall–Kier alpha value is -3.21. The van der Waals surface area contributed by atoms with Gasteiger partial charge in [-0.05, 0) is 36.4 Å². The van der Waals surface area contributed by atoms with Crippen LogP contribution in [0.3, 0.4) is 0 Å². The standard InChI is InChI=1S/C23H23Cl2N5O4S/c1-4-9-30-20(12-26-22(32)14-5-8-18(33-2)19(10-14)34-3)28-29-23(30)35-13-21(31)27-17-7-6-15(24)11-16(17)25/h4-8,10-11H,1,9,12-13H2,2-3H3,(H,26,32)(H,27,31). The predicted octanol–water partition coefficient (Wildman–Crippen LogP) is 4.45. The van der Waals surface area contributed by atoms with Crippen LogP contribution in [0, 0.1) is 0 Å². The largest absolute Gasteiger partial charge is 0.493 e. The summed E-state index contributed by atoms with van der Waals surface area (Å²) in [5.74, 6) is 0.989. The number of thioether (sulfide) groups is 1. The molecule has 0 unspecified atom stereocenters. The van der Waals surface area contributed by atoms with Gasteiger partial charge in [0.25, 0.3) is 5.91 Å². The molecule has 0 aliphatic rings. The van der Waals surface area contributed by atoms with E-state index in [9.17, 15) is 9.59 Å². The zero-order chi connectivity index (χ0) is 25.4. The van der Waals surface area contributed by atoms with Crippen LogP contribution in [0.5, 0.6) is 11.5 Å². The topological polar surface area (TPSA) is 107 Å². The molecule has 3 rings (SSSR count). The number of nitrogens with one attached hydrogen (secondary N) is 2. The third-order valence-corrected chi connectivity index (χ3v) is 6.21. The van der Waals surface area contributed by atoms with E-state index in [0.29, 0.717) is 50.3 Å². The number of rotatable bonds is 11. The molecule has 9 nitrogen and oxygen atoms in total. The summed E-state index contributed by atoms with van der Waals surface area (Å²) in [6, 6.07) is 9.71. The van der Waals surface area contributed by atoms with E-state index in [1.807, 2.05) is 0 Å². The number of anilines is 1. The normalized spacial score (nSPS) is 10.5. The number of allylic oxidation sites excluding steroid dienone is 1. The van der Waals surface area contributed by atoms with Gasteiger partial charge in [-0.25, -0.2) is 0 Å². The zero-order valence-electron chi connectivity index (χ0n) is 19.0. The van der Waals surface area contributed by atoms with Crippen molar-refractivity contribution in [2.45, 2.75) is 18.2 Å². The molecule has 0 radical (unpaired) electrons. The van der Waals surface area contributed by atoms with Crippen molar-refractivity contribution in [1.82, 2.24) is 20.1 Å². The van der Waals surface area contributed by atoms with Crippen molar-refractivity contribution < 1.29 is 19.1 Å². The molecule has 2 aromatic carbocycles. The Morgan fingerprint density at radius 2 is 1.89 bits per heavy atom. The summed E-state index contributed by atoms with van der Waals surface area (Å²) in [7, 11) is 3.02. The van der Waals surface area contributed by atoms with E-state index in [1.165, 1.54) is 26.0 Å². The highest BCUT2D eigenvalue weighted by Crippen LogP contribution is 2.28. The third-order valence-electron chi connectivity index (χ3n) is 4.70. The maximum absolute atomic E-state index is 12.6. The molecule has 0 bridgehead atoms. The number of ether oxygens (including phenoxy) is 2. The van der Waals surface area contributed by atoms with Crippen LogP contribution in [-0.2, 0) is 17.9 Å². The lowest BCUT2D eigenvalue weighted by atomic mass is 10.2. The van der Waals surface area contributed by atoms with Crippen LogP contribution in [0.25, 0.3) is 0 Å². The summed E-state index contributed by atoms with van der Waals surface area (Å²) in [6.45, 7) is 4.29. The third kappa shape index (κ3) is 6.91. The minimum absolute atomic E-state index is 0.0756. The second-order valence-corrected chi connectivity index (χ2v) is 8.80. The predicted molar refractivity (Wildman–Crippen MR) is 137 cm³/mol. The summed E-state index contributed by atoms with van der Waals surface area (Å²) in [5.41, 5.74) is 0.873. The molecule has 0 atom stereocenters. The number of aromatic nitrogens is 3. The molecule has 184 valence electrons. The first kappa shape index (κ1) is 26.4. The van der Waals surface area contributed by atoms with Crippen molar-refractivity contribution in [2.24, 2.45) is 0 Å². The fraction of sp³-hybridized carbons (Fsp3) is 0.217. The molecule has 1 aromatic heterocycles. The van der Waals surface area contributed by atoms with E-state index in [-0.39, 0.29) is 24.1 Å². The number of nitrogens with zero attached hydrogens (tertiary/aromatic N) is 3. The molecule has 0 spiro atoms.